The normalized spacial score (nSPS) is 20.1. The number of nitrogens with one attached hydrogen (secondary N) is 1. The number of carbonyl (C=O) groups is 1. The van der Waals surface area contributed by atoms with Crippen molar-refractivity contribution in [1.29, 1.82) is 0 Å². The second kappa shape index (κ2) is 8.49. The van der Waals surface area contributed by atoms with Crippen LogP contribution in [0.1, 0.15) is 36.5 Å². The molecule has 0 saturated carbocycles. The molecule has 1 atom stereocenters. The van der Waals surface area contributed by atoms with Crippen molar-refractivity contribution in [2.75, 3.05) is 25.0 Å². The number of fused-ring (bicyclic) bond motifs is 1. The summed E-state index contributed by atoms with van der Waals surface area (Å²) in [6.07, 6.45) is 2.25. The van der Waals surface area contributed by atoms with Gasteiger partial charge in [0.1, 0.15) is 0 Å². The number of benzene rings is 2. The van der Waals surface area contributed by atoms with E-state index < -0.39 is 10.0 Å². The summed E-state index contributed by atoms with van der Waals surface area (Å²) in [5.41, 5.74) is 4.04. The van der Waals surface area contributed by atoms with E-state index >= 15 is 0 Å². The van der Waals surface area contributed by atoms with Gasteiger partial charge in [0.05, 0.1) is 4.90 Å². The van der Waals surface area contributed by atoms with E-state index in [9.17, 15) is 13.2 Å². The lowest BCUT2D eigenvalue weighted by Gasteiger charge is -2.33. The molecule has 160 valence electrons. The van der Waals surface area contributed by atoms with Gasteiger partial charge in [0.15, 0.2) is 0 Å². The standard InChI is InChI=1S/C23H29N3O3S/c1-3-23(27)24-20-8-9-22(17(2)14-20)30(28,29)26-13-11-21(16-26)25-12-10-18-6-4-5-7-19(18)15-25/h4-9,14,21H,3,10-13,15-16H2,1-2H3,(H,24,27). The van der Waals surface area contributed by atoms with E-state index in [0.29, 0.717) is 35.7 Å². The molecule has 1 fully saturated rings. The highest BCUT2D eigenvalue weighted by atomic mass is 32.2. The van der Waals surface area contributed by atoms with Crippen molar-refractivity contribution in [3.05, 3.63) is 59.2 Å². The molecule has 7 heteroatoms. The summed E-state index contributed by atoms with van der Waals surface area (Å²) in [6.45, 7) is 6.49. The molecule has 4 rings (SSSR count). The maximum atomic E-state index is 13.3. The van der Waals surface area contributed by atoms with Crippen LogP contribution in [0.3, 0.4) is 0 Å². The average Bonchev–Trinajstić information content (AvgIpc) is 3.24. The highest BCUT2D eigenvalue weighted by Crippen LogP contribution is 2.29. The molecule has 0 radical (unpaired) electrons. The lowest BCUT2D eigenvalue weighted by molar-refractivity contribution is -0.115. The molecule has 1 N–H and O–H groups in total. The Labute approximate surface area is 178 Å². The number of carbonyl (C=O) groups excluding carboxylic acids is 1. The first kappa shape index (κ1) is 21.0. The molecular weight excluding hydrogens is 398 g/mol. The lowest BCUT2D eigenvalue weighted by atomic mass is 9.98. The van der Waals surface area contributed by atoms with Crippen LogP contribution in [0.2, 0.25) is 0 Å². The number of sulfonamides is 1. The number of hydrogen-bond acceptors (Lipinski definition) is 4. The van der Waals surface area contributed by atoms with Gasteiger partial charge in [0, 0.05) is 44.3 Å². The minimum atomic E-state index is -3.56. The highest BCUT2D eigenvalue weighted by Gasteiger charge is 2.36. The summed E-state index contributed by atoms with van der Waals surface area (Å²) in [5.74, 6) is -0.0875. The van der Waals surface area contributed by atoms with Gasteiger partial charge in [-0.1, -0.05) is 31.2 Å². The van der Waals surface area contributed by atoms with Gasteiger partial charge in [-0.15, -0.1) is 0 Å². The quantitative estimate of drug-likeness (QED) is 0.796. The summed E-state index contributed by atoms with van der Waals surface area (Å²) in [6, 6.07) is 13.8. The molecule has 0 aromatic heterocycles. The Hall–Kier alpha value is -2.22. The molecule has 2 aromatic carbocycles. The monoisotopic (exact) mass is 427 g/mol. The molecule has 2 aliphatic heterocycles. The van der Waals surface area contributed by atoms with E-state index in [1.54, 1.807) is 36.4 Å². The lowest BCUT2D eigenvalue weighted by Crippen LogP contribution is -2.41. The van der Waals surface area contributed by atoms with Crippen molar-refractivity contribution in [2.24, 2.45) is 0 Å². The van der Waals surface area contributed by atoms with Crippen molar-refractivity contribution < 1.29 is 13.2 Å². The summed E-state index contributed by atoms with van der Waals surface area (Å²) in [5, 5.41) is 2.78. The maximum absolute atomic E-state index is 13.3. The first-order valence-corrected chi connectivity index (χ1v) is 12.0. The molecule has 1 amide bonds. The zero-order valence-corrected chi connectivity index (χ0v) is 18.4. The summed E-state index contributed by atoms with van der Waals surface area (Å²) < 4.78 is 28.2. The molecule has 0 bridgehead atoms. The van der Waals surface area contributed by atoms with Crippen molar-refractivity contribution in [2.45, 2.75) is 50.6 Å². The Balaban J connectivity index is 1.46. The molecule has 2 heterocycles. The number of hydrogen-bond donors (Lipinski definition) is 1. The highest BCUT2D eigenvalue weighted by molar-refractivity contribution is 7.89. The minimum absolute atomic E-state index is 0.0875. The summed E-state index contributed by atoms with van der Waals surface area (Å²) in [4.78, 5) is 14.4. The second-order valence-electron chi connectivity index (χ2n) is 8.18. The van der Waals surface area contributed by atoms with Crippen LogP contribution >= 0.6 is 0 Å². The topological polar surface area (TPSA) is 69.7 Å². The van der Waals surface area contributed by atoms with E-state index in [1.165, 1.54) is 11.1 Å². The molecule has 2 aliphatic rings. The Kier molecular flexibility index (Phi) is 5.95. The number of aryl methyl sites for hydroxylation is 1. The van der Waals surface area contributed by atoms with Crippen molar-refractivity contribution >= 4 is 21.6 Å². The number of rotatable bonds is 5. The van der Waals surface area contributed by atoms with Gasteiger partial charge in [-0.25, -0.2) is 8.42 Å². The van der Waals surface area contributed by atoms with Gasteiger partial charge < -0.3 is 5.32 Å². The molecule has 0 aliphatic carbocycles. The predicted molar refractivity (Wildman–Crippen MR) is 118 cm³/mol. The van der Waals surface area contributed by atoms with E-state index in [-0.39, 0.29) is 11.9 Å². The van der Waals surface area contributed by atoms with Crippen LogP contribution in [-0.2, 0) is 27.8 Å². The fourth-order valence-electron chi connectivity index (χ4n) is 4.46. The Morgan fingerprint density at radius 2 is 1.90 bits per heavy atom. The number of anilines is 1. The van der Waals surface area contributed by atoms with Crippen LogP contribution in [0, 0.1) is 6.92 Å². The molecule has 2 aromatic rings. The zero-order chi connectivity index (χ0) is 21.3. The van der Waals surface area contributed by atoms with Crippen LogP contribution in [0.5, 0.6) is 0 Å². The van der Waals surface area contributed by atoms with Gasteiger partial charge in [0.25, 0.3) is 0 Å². The maximum Gasteiger partial charge on any atom is 0.243 e. The fourth-order valence-corrected chi connectivity index (χ4v) is 6.16. The van der Waals surface area contributed by atoms with E-state index in [0.717, 1.165) is 25.9 Å². The van der Waals surface area contributed by atoms with Crippen LogP contribution in [0.25, 0.3) is 0 Å². The van der Waals surface area contributed by atoms with Gasteiger partial charge in [0.2, 0.25) is 15.9 Å². The van der Waals surface area contributed by atoms with Gasteiger partial charge >= 0.3 is 0 Å². The minimum Gasteiger partial charge on any atom is -0.326 e. The van der Waals surface area contributed by atoms with E-state index in [1.807, 2.05) is 0 Å². The summed E-state index contributed by atoms with van der Waals surface area (Å²) in [7, 11) is -3.56. The molecule has 30 heavy (non-hydrogen) atoms. The number of amides is 1. The first-order valence-electron chi connectivity index (χ1n) is 10.6. The zero-order valence-electron chi connectivity index (χ0n) is 17.6. The summed E-state index contributed by atoms with van der Waals surface area (Å²) >= 11 is 0. The Morgan fingerprint density at radius 3 is 2.63 bits per heavy atom. The molecule has 0 spiro atoms. The third-order valence-electron chi connectivity index (χ3n) is 6.20. The Morgan fingerprint density at radius 1 is 1.13 bits per heavy atom. The van der Waals surface area contributed by atoms with Crippen molar-refractivity contribution in [3.8, 4) is 0 Å². The molecule has 6 nitrogen and oxygen atoms in total. The fraction of sp³-hybridized carbons (Fsp3) is 0.435. The average molecular weight is 428 g/mol. The molecule has 1 unspecified atom stereocenters. The van der Waals surface area contributed by atoms with Crippen LogP contribution < -0.4 is 5.32 Å². The first-order chi connectivity index (χ1) is 14.4. The van der Waals surface area contributed by atoms with Gasteiger partial charge in [-0.05, 0) is 54.7 Å². The van der Waals surface area contributed by atoms with E-state index in [4.69, 9.17) is 0 Å². The van der Waals surface area contributed by atoms with Crippen molar-refractivity contribution in [3.63, 3.8) is 0 Å². The van der Waals surface area contributed by atoms with Crippen LogP contribution in [-0.4, -0.2) is 49.2 Å². The van der Waals surface area contributed by atoms with Crippen LogP contribution in [0.4, 0.5) is 5.69 Å². The SMILES string of the molecule is CCC(=O)Nc1ccc(S(=O)(=O)N2CCC(N3CCc4ccccc4C3)C2)c(C)c1. The molecule has 1 saturated heterocycles. The molecular formula is C23H29N3O3S. The van der Waals surface area contributed by atoms with E-state index in [2.05, 4.69) is 34.5 Å². The number of nitrogens with zero attached hydrogens (tertiary/aromatic N) is 2. The Bertz CT molecular complexity index is 1050. The van der Waals surface area contributed by atoms with Gasteiger partial charge in [-0.3, -0.25) is 9.69 Å². The van der Waals surface area contributed by atoms with Crippen LogP contribution in [0.15, 0.2) is 47.4 Å². The van der Waals surface area contributed by atoms with Crippen molar-refractivity contribution in [1.82, 2.24) is 9.21 Å². The smallest absolute Gasteiger partial charge is 0.243 e. The second-order valence-corrected chi connectivity index (χ2v) is 10.1. The predicted octanol–water partition coefficient (Wildman–Crippen LogP) is 3.16. The van der Waals surface area contributed by atoms with Gasteiger partial charge in [-0.2, -0.15) is 4.31 Å². The third kappa shape index (κ3) is 4.15. The third-order valence-corrected chi connectivity index (χ3v) is 8.23. The largest absolute Gasteiger partial charge is 0.326 e.